The summed E-state index contributed by atoms with van der Waals surface area (Å²) in [4.78, 5) is 19.5. The van der Waals surface area contributed by atoms with Crippen molar-refractivity contribution in [3.8, 4) is 0 Å². The van der Waals surface area contributed by atoms with Gasteiger partial charge in [-0.05, 0) is 66.3 Å². The lowest BCUT2D eigenvalue weighted by Crippen LogP contribution is -2.38. The molecule has 4 aromatic rings. The summed E-state index contributed by atoms with van der Waals surface area (Å²) in [6.07, 6.45) is 5.53. The van der Waals surface area contributed by atoms with Crippen molar-refractivity contribution in [2.24, 2.45) is 0 Å². The van der Waals surface area contributed by atoms with Crippen LogP contribution in [0, 0.1) is 0 Å². The van der Waals surface area contributed by atoms with Crippen LogP contribution in [-0.2, 0) is 6.54 Å². The number of imidazole rings is 1. The molecule has 1 aliphatic heterocycles. The van der Waals surface area contributed by atoms with Crippen molar-refractivity contribution in [1.82, 2.24) is 24.0 Å². The first-order chi connectivity index (χ1) is 15.1. The zero-order valence-corrected chi connectivity index (χ0v) is 18.9. The van der Waals surface area contributed by atoms with Crippen molar-refractivity contribution < 1.29 is 4.79 Å². The van der Waals surface area contributed by atoms with Gasteiger partial charge in [0, 0.05) is 47.0 Å². The Morgan fingerprint density at radius 1 is 1.13 bits per heavy atom. The van der Waals surface area contributed by atoms with E-state index in [1.54, 1.807) is 6.07 Å². The molecule has 31 heavy (non-hydrogen) atoms. The SMILES string of the molecule is O=C(c1ccc2snnc2c1)N1CCC(c2nccn2Cc2cc(Cl)ccc2Cl)CC1. The van der Waals surface area contributed by atoms with Crippen molar-refractivity contribution in [1.29, 1.82) is 0 Å². The summed E-state index contributed by atoms with van der Waals surface area (Å²) in [5.41, 5.74) is 2.40. The smallest absolute Gasteiger partial charge is 0.253 e. The highest BCUT2D eigenvalue weighted by Gasteiger charge is 2.27. The van der Waals surface area contributed by atoms with Crippen LogP contribution >= 0.6 is 34.7 Å². The maximum atomic E-state index is 13.0. The summed E-state index contributed by atoms with van der Waals surface area (Å²) in [6, 6.07) is 11.1. The first-order valence-electron chi connectivity index (χ1n) is 10.0. The summed E-state index contributed by atoms with van der Waals surface area (Å²) in [5, 5.41) is 5.44. The molecule has 0 unspecified atom stereocenters. The summed E-state index contributed by atoms with van der Waals surface area (Å²) in [5.74, 6) is 1.36. The number of rotatable bonds is 4. The summed E-state index contributed by atoms with van der Waals surface area (Å²) in [7, 11) is 0. The number of piperidine rings is 1. The average Bonchev–Trinajstić information content (AvgIpc) is 3.45. The Labute approximate surface area is 193 Å². The summed E-state index contributed by atoms with van der Waals surface area (Å²) in [6.45, 7) is 2.01. The molecule has 0 spiro atoms. The monoisotopic (exact) mass is 471 g/mol. The summed E-state index contributed by atoms with van der Waals surface area (Å²) >= 11 is 13.8. The molecule has 158 valence electrons. The molecule has 0 radical (unpaired) electrons. The van der Waals surface area contributed by atoms with Crippen LogP contribution in [0.25, 0.3) is 10.2 Å². The van der Waals surface area contributed by atoms with Crippen LogP contribution in [0.4, 0.5) is 0 Å². The van der Waals surface area contributed by atoms with Gasteiger partial charge in [-0.3, -0.25) is 4.79 Å². The van der Waals surface area contributed by atoms with Gasteiger partial charge < -0.3 is 9.47 Å². The van der Waals surface area contributed by atoms with Gasteiger partial charge in [0.05, 0.1) is 11.2 Å². The molecular weight excluding hydrogens is 453 g/mol. The standard InChI is InChI=1S/C22H19Cl2N5OS/c23-17-2-3-18(24)16(11-17)13-29-10-7-25-21(29)14-5-8-28(9-6-14)22(30)15-1-4-20-19(12-15)26-27-31-20/h1-4,7,10-12,14H,5-6,8-9,13H2. The third kappa shape index (κ3) is 4.18. The van der Waals surface area contributed by atoms with Crippen molar-refractivity contribution >= 4 is 50.9 Å². The number of likely N-dealkylation sites (tertiary alicyclic amines) is 1. The largest absolute Gasteiger partial charge is 0.339 e. The van der Waals surface area contributed by atoms with E-state index in [-0.39, 0.29) is 5.91 Å². The van der Waals surface area contributed by atoms with E-state index in [1.165, 1.54) is 11.5 Å². The number of amides is 1. The third-order valence-corrected chi connectivity index (χ3v) is 7.05. The number of halogens is 2. The van der Waals surface area contributed by atoms with Gasteiger partial charge in [-0.25, -0.2) is 4.98 Å². The highest BCUT2D eigenvalue weighted by Crippen LogP contribution is 2.30. The van der Waals surface area contributed by atoms with Crippen molar-refractivity contribution in [2.45, 2.75) is 25.3 Å². The van der Waals surface area contributed by atoms with Gasteiger partial charge >= 0.3 is 0 Å². The Morgan fingerprint density at radius 2 is 1.97 bits per heavy atom. The topological polar surface area (TPSA) is 63.9 Å². The molecule has 1 aliphatic rings. The molecule has 9 heteroatoms. The second-order valence-electron chi connectivity index (χ2n) is 7.67. The van der Waals surface area contributed by atoms with Crippen molar-refractivity contribution in [2.75, 3.05) is 13.1 Å². The van der Waals surface area contributed by atoms with Crippen LogP contribution in [0.1, 0.15) is 40.5 Å². The number of hydrogen-bond acceptors (Lipinski definition) is 5. The first-order valence-corrected chi connectivity index (χ1v) is 11.6. The van der Waals surface area contributed by atoms with E-state index in [9.17, 15) is 4.79 Å². The number of aromatic nitrogens is 4. The predicted octanol–water partition coefficient (Wildman–Crippen LogP) is 5.26. The van der Waals surface area contributed by atoms with Crippen LogP contribution in [0.3, 0.4) is 0 Å². The minimum Gasteiger partial charge on any atom is -0.339 e. The van der Waals surface area contributed by atoms with E-state index < -0.39 is 0 Å². The minimum atomic E-state index is 0.0439. The fraction of sp³-hybridized carbons (Fsp3) is 0.273. The highest BCUT2D eigenvalue weighted by atomic mass is 35.5. The Balaban J connectivity index is 1.27. The van der Waals surface area contributed by atoms with Crippen LogP contribution < -0.4 is 0 Å². The number of carbonyl (C=O) groups is 1. The molecule has 0 N–H and O–H groups in total. The van der Waals surface area contributed by atoms with Gasteiger partial charge in [0.2, 0.25) is 0 Å². The van der Waals surface area contributed by atoms with Gasteiger partial charge in [-0.15, -0.1) is 5.10 Å². The van der Waals surface area contributed by atoms with Gasteiger partial charge in [0.15, 0.2) is 0 Å². The molecule has 0 aliphatic carbocycles. The Bertz CT molecular complexity index is 1250. The van der Waals surface area contributed by atoms with E-state index >= 15 is 0 Å². The number of nitrogens with zero attached hydrogens (tertiary/aromatic N) is 5. The normalized spacial score (nSPS) is 15.0. The lowest BCUT2D eigenvalue weighted by molar-refractivity contribution is 0.0710. The molecule has 1 fully saturated rings. The van der Waals surface area contributed by atoms with E-state index in [0.717, 1.165) is 34.4 Å². The van der Waals surface area contributed by atoms with E-state index in [0.29, 0.717) is 41.2 Å². The minimum absolute atomic E-state index is 0.0439. The molecule has 2 aromatic heterocycles. The molecule has 3 heterocycles. The molecule has 5 rings (SSSR count). The zero-order valence-electron chi connectivity index (χ0n) is 16.5. The number of fused-ring (bicyclic) bond motifs is 1. The molecule has 6 nitrogen and oxygen atoms in total. The lowest BCUT2D eigenvalue weighted by atomic mass is 9.95. The molecule has 2 aromatic carbocycles. The molecule has 0 atom stereocenters. The van der Waals surface area contributed by atoms with Crippen LogP contribution in [-0.4, -0.2) is 43.0 Å². The van der Waals surface area contributed by atoms with E-state index in [1.807, 2.05) is 47.6 Å². The molecular formula is C22H19Cl2N5OS. The van der Waals surface area contributed by atoms with E-state index in [4.69, 9.17) is 23.2 Å². The Hall–Kier alpha value is -2.48. The molecule has 0 bridgehead atoms. The lowest BCUT2D eigenvalue weighted by Gasteiger charge is -2.32. The van der Waals surface area contributed by atoms with Gasteiger partial charge in [-0.2, -0.15) is 0 Å². The first kappa shape index (κ1) is 20.4. The Kier molecular flexibility index (Phi) is 5.65. The second kappa shape index (κ2) is 8.57. The van der Waals surface area contributed by atoms with Crippen LogP contribution in [0.2, 0.25) is 10.0 Å². The average molecular weight is 472 g/mol. The van der Waals surface area contributed by atoms with Crippen molar-refractivity contribution in [3.63, 3.8) is 0 Å². The Morgan fingerprint density at radius 3 is 2.81 bits per heavy atom. The van der Waals surface area contributed by atoms with Gasteiger partial charge in [-0.1, -0.05) is 27.7 Å². The molecule has 1 saturated heterocycles. The van der Waals surface area contributed by atoms with Crippen LogP contribution in [0.5, 0.6) is 0 Å². The predicted molar refractivity (Wildman–Crippen MR) is 123 cm³/mol. The zero-order chi connectivity index (χ0) is 21.4. The highest BCUT2D eigenvalue weighted by molar-refractivity contribution is 7.12. The second-order valence-corrected chi connectivity index (χ2v) is 9.30. The van der Waals surface area contributed by atoms with Gasteiger partial charge in [0.1, 0.15) is 11.3 Å². The fourth-order valence-electron chi connectivity index (χ4n) is 4.10. The molecule has 0 saturated carbocycles. The van der Waals surface area contributed by atoms with E-state index in [2.05, 4.69) is 19.1 Å². The maximum Gasteiger partial charge on any atom is 0.253 e. The number of benzene rings is 2. The third-order valence-electron chi connectivity index (χ3n) is 5.74. The summed E-state index contributed by atoms with van der Waals surface area (Å²) < 4.78 is 7.06. The van der Waals surface area contributed by atoms with Crippen LogP contribution in [0.15, 0.2) is 48.8 Å². The van der Waals surface area contributed by atoms with Crippen molar-refractivity contribution in [3.05, 3.63) is 75.8 Å². The molecule has 1 amide bonds. The number of carbonyl (C=O) groups excluding carboxylic acids is 1. The van der Waals surface area contributed by atoms with Gasteiger partial charge in [0.25, 0.3) is 5.91 Å². The number of hydrogen-bond donors (Lipinski definition) is 0. The fourth-order valence-corrected chi connectivity index (χ4v) is 5.01. The maximum absolute atomic E-state index is 13.0. The quantitative estimate of drug-likeness (QED) is 0.406.